The van der Waals surface area contributed by atoms with Gasteiger partial charge in [-0.1, -0.05) is 18.2 Å². The van der Waals surface area contributed by atoms with Gasteiger partial charge in [-0.3, -0.25) is 4.68 Å². The number of likely N-dealkylation sites (tertiary alicyclic amines) is 1. The number of hydrogen-bond donors (Lipinski definition) is 0. The second-order valence-electron chi connectivity index (χ2n) is 9.40. The van der Waals surface area contributed by atoms with Crippen molar-refractivity contribution in [2.24, 2.45) is 0 Å². The Morgan fingerprint density at radius 1 is 1.03 bits per heavy atom. The van der Waals surface area contributed by atoms with Gasteiger partial charge in [-0.15, -0.1) is 0 Å². The van der Waals surface area contributed by atoms with Crippen LogP contribution < -0.4 is 4.74 Å². The van der Waals surface area contributed by atoms with Gasteiger partial charge < -0.3 is 19.1 Å². The summed E-state index contributed by atoms with van der Waals surface area (Å²) < 4.78 is 18.4. The standard InChI is InChI=1S/C27H31N3O5/c1-5-33-25(31)23-18-30(20-15-16-29(17-20)26(32)35-27(2,3)4)28-24(23)19-11-13-22(14-12-19)34-21-9-7-6-8-10-21/h6-14,18,20H,5,15-17H2,1-4H3/t20-/m1/s1. The highest BCUT2D eigenvalue weighted by Gasteiger charge is 2.32. The zero-order chi connectivity index (χ0) is 25.0. The Balaban J connectivity index is 1.55. The predicted molar refractivity (Wildman–Crippen MR) is 132 cm³/mol. The highest BCUT2D eigenvalue weighted by atomic mass is 16.6. The third kappa shape index (κ3) is 6.01. The van der Waals surface area contributed by atoms with E-state index in [0.717, 1.165) is 11.3 Å². The normalized spacial score (nSPS) is 15.7. The van der Waals surface area contributed by atoms with Crippen molar-refractivity contribution in [3.63, 3.8) is 0 Å². The van der Waals surface area contributed by atoms with E-state index >= 15 is 0 Å². The molecule has 1 aromatic heterocycles. The minimum absolute atomic E-state index is 0.0647. The van der Waals surface area contributed by atoms with Crippen molar-refractivity contribution in [2.75, 3.05) is 19.7 Å². The number of hydrogen-bond acceptors (Lipinski definition) is 6. The molecule has 3 aromatic rings. The average molecular weight is 478 g/mol. The molecular formula is C27H31N3O5. The molecule has 1 aliphatic rings. The monoisotopic (exact) mass is 477 g/mol. The summed E-state index contributed by atoms with van der Waals surface area (Å²) in [5.41, 5.74) is 1.14. The van der Waals surface area contributed by atoms with Crippen LogP contribution in [0.2, 0.25) is 0 Å². The SMILES string of the molecule is CCOC(=O)c1cn([C@@H]2CCN(C(=O)OC(C)(C)C)C2)nc1-c1ccc(Oc2ccccc2)cc1. The number of amides is 1. The zero-order valence-corrected chi connectivity index (χ0v) is 20.6. The second-order valence-corrected chi connectivity index (χ2v) is 9.40. The summed E-state index contributed by atoms with van der Waals surface area (Å²) in [6, 6.07) is 16.9. The van der Waals surface area contributed by atoms with Crippen molar-refractivity contribution in [3.05, 3.63) is 66.4 Å². The Labute approximate surface area is 205 Å². The van der Waals surface area contributed by atoms with E-state index in [1.165, 1.54) is 0 Å². The number of para-hydroxylation sites is 1. The molecule has 1 atom stereocenters. The van der Waals surface area contributed by atoms with Crippen LogP contribution in [-0.2, 0) is 9.47 Å². The Kier molecular flexibility index (Phi) is 7.10. The van der Waals surface area contributed by atoms with Crippen LogP contribution in [0.5, 0.6) is 11.5 Å². The molecule has 35 heavy (non-hydrogen) atoms. The lowest BCUT2D eigenvalue weighted by Gasteiger charge is -2.24. The van der Waals surface area contributed by atoms with Gasteiger partial charge in [0.25, 0.3) is 0 Å². The molecule has 0 saturated carbocycles. The number of esters is 1. The first-order valence-electron chi connectivity index (χ1n) is 11.8. The summed E-state index contributed by atoms with van der Waals surface area (Å²) in [5, 5.41) is 4.74. The molecular weight excluding hydrogens is 446 g/mol. The van der Waals surface area contributed by atoms with Gasteiger partial charge in [-0.25, -0.2) is 9.59 Å². The van der Waals surface area contributed by atoms with Crippen LogP contribution in [0.1, 0.15) is 50.5 Å². The maximum absolute atomic E-state index is 12.7. The molecule has 184 valence electrons. The summed E-state index contributed by atoms with van der Waals surface area (Å²) in [4.78, 5) is 26.9. The molecule has 1 aliphatic heterocycles. The van der Waals surface area contributed by atoms with Crippen molar-refractivity contribution in [2.45, 2.75) is 45.8 Å². The van der Waals surface area contributed by atoms with Crippen LogP contribution in [0.15, 0.2) is 60.8 Å². The van der Waals surface area contributed by atoms with Gasteiger partial charge in [0, 0.05) is 24.8 Å². The number of aromatic nitrogens is 2. The molecule has 4 rings (SSSR count). The van der Waals surface area contributed by atoms with E-state index in [0.29, 0.717) is 36.5 Å². The van der Waals surface area contributed by atoms with Gasteiger partial charge in [-0.05, 0) is 70.5 Å². The highest BCUT2D eigenvalue weighted by Crippen LogP contribution is 2.30. The van der Waals surface area contributed by atoms with Crippen LogP contribution in [0, 0.1) is 0 Å². The topological polar surface area (TPSA) is 82.9 Å². The minimum Gasteiger partial charge on any atom is -0.462 e. The minimum atomic E-state index is -0.554. The number of ether oxygens (including phenoxy) is 3. The van der Waals surface area contributed by atoms with Crippen molar-refractivity contribution >= 4 is 12.1 Å². The van der Waals surface area contributed by atoms with Crippen molar-refractivity contribution in [1.82, 2.24) is 14.7 Å². The third-order valence-corrected chi connectivity index (χ3v) is 5.52. The van der Waals surface area contributed by atoms with Gasteiger partial charge in [0.1, 0.15) is 28.4 Å². The van der Waals surface area contributed by atoms with Crippen molar-refractivity contribution in [1.29, 1.82) is 0 Å². The third-order valence-electron chi connectivity index (χ3n) is 5.52. The van der Waals surface area contributed by atoms with Gasteiger partial charge >= 0.3 is 12.1 Å². The molecule has 0 spiro atoms. The lowest BCUT2D eigenvalue weighted by atomic mass is 10.1. The number of carbonyl (C=O) groups excluding carboxylic acids is 2. The van der Waals surface area contributed by atoms with Crippen LogP contribution in [0.25, 0.3) is 11.3 Å². The van der Waals surface area contributed by atoms with E-state index in [1.54, 1.807) is 22.7 Å². The molecule has 0 bridgehead atoms. The fourth-order valence-electron chi connectivity index (χ4n) is 3.91. The summed E-state index contributed by atoms with van der Waals surface area (Å²) >= 11 is 0. The molecule has 8 heteroatoms. The van der Waals surface area contributed by atoms with E-state index < -0.39 is 11.6 Å². The molecule has 0 aliphatic carbocycles. The van der Waals surface area contributed by atoms with E-state index in [1.807, 2.05) is 75.4 Å². The van der Waals surface area contributed by atoms with E-state index in [2.05, 4.69) is 0 Å². The van der Waals surface area contributed by atoms with Crippen molar-refractivity contribution in [3.8, 4) is 22.8 Å². The molecule has 2 aromatic carbocycles. The van der Waals surface area contributed by atoms with Crippen LogP contribution in [-0.4, -0.2) is 52.0 Å². The van der Waals surface area contributed by atoms with E-state index in [4.69, 9.17) is 19.3 Å². The largest absolute Gasteiger partial charge is 0.462 e. The number of rotatable bonds is 6. The maximum atomic E-state index is 12.7. The van der Waals surface area contributed by atoms with Gasteiger partial charge in [0.15, 0.2) is 0 Å². The summed E-state index contributed by atoms with van der Waals surface area (Å²) in [6.07, 6.45) is 2.09. The summed E-state index contributed by atoms with van der Waals surface area (Å²) in [6.45, 7) is 8.60. The van der Waals surface area contributed by atoms with Crippen LogP contribution >= 0.6 is 0 Å². The summed E-state index contributed by atoms with van der Waals surface area (Å²) in [5.74, 6) is 0.994. The number of carbonyl (C=O) groups is 2. The second kappa shape index (κ2) is 10.2. The molecule has 8 nitrogen and oxygen atoms in total. The number of nitrogens with zero attached hydrogens (tertiary/aromatic N) is 3. The molecule has 1 amide bonds. The van der Waals surface area contributed by atoms with Crippen molar-refractivity contribution < 1.29 is 23.8 Å². The first kappa shape index (κ1) is 24.3. The van der Waals surface area contributed by atoms with Gasteiger partial charge in [0.05, 0.1) is 12.6 Å². The molecule has 1 fully saturated rings. The Morgan fingerprint density at radius 3 is 2.37 bits per heavy atom. The van der Waals surface area contributed by atoms with Crippen LogP contribution in [0.4, 0.5) is 4.79 Å². The Bertz CT molecular complexity index is 1170. The Morgan fingerprint density at radius 2 is 1.71 bits per heavy atom. The predicted octanol–water partition coefficient (Wildman–Crippen LogP) is 5.70. The first-order chi connectivity index (χ1) is 16.7. The molecule has 0 unspecified atom stereocenters. The number of benzene rings is 2. The summed E-state index contributed by atoms with van der Waals surface area (Å²) in [7, 11) is 0. The van der Waals surface area contributed by atoms with Crippen LogP contribution in [0.3, 0.4) is 0 Å². The molecule has 0 N–H and O–H groups in total. The lowest BCUT2D eigenvalue weighted by Crippen LogP contribution is -2.35. The van der Waals surface area contributed by atoms with Gasteiger partial charge in [0.2, 0.25) is 0 Å². The fraction of sp³-hybridized carbons (Fsp3) is 0.370. The van der Waals surface area contributed by atoms with E-state index in [9.17, 15) is 9.59 Å². The molecule has 2 heterocycles. The first-order valence-corrected chi connectivity index (χ1v) is 11.8. The highest BCUT2D eigenvalue weighted by molar-refractivity contribution is 5.96. The lowest BCUT2D eigenvalue weighted by molar-refractivity contribution is 0.0287. The molecule has 1 saturated heterocycles. The maximum Gasteiger partial charge on any atom is 0.410 e. The van der Waals surface area contributed by atoms with Gasteiger partial charge in [-0.2, -0.15) is 5.10 Å². The Hall–Kier alpha value is -3.81. The smallest absolute Gasteiger partial charge is 0.410 e. The average Bonchev–Trinajstić information content (AvgIpc) is 3.47. The zero-order valence-electron chi connectivity index (χ0n) is 20.6. The fourth-order valence-corrected chi connectivity index (χ4v) is 3.91. The molecule has 0 radical (unpaired) electrons. The quantitative estimate of drug-likeness (QED) is 0.424. The van der Waals surface area contributed by atoms with E-state index in [-0.39, 0.29) is 18.7 Å².